The fraction of sp³-hybridized carbons (Fsp3) is 0.905. The predicted octanol–water partition coefficient (Wildman–Crippen LogP) is 6.24. The van der Waals surface area contributed by atoms with Crippen LogP contribution in [0.15, 0.2) is 0 Å². The number of Topliss-reactive ketones (excluding diaryl/α,β-unsaturated/α-hetero) is 1. The lowest BCUT2D eigenvalue weighted by molar-refractivity contribution is -0.157. The van der Waals surface area contributed by atoms with Gasteiger partial charge in [0.05, 0.1) is 12.0 Å². The van der Waals surface area contributed by atoms with Crippen molar-refractivity contribution in [3.05, 3.63) is 0 Å². The highest BCUT2D eigenvalue weighted by Gasteiger charge is 2.36. The molecule has 0 saturated heterocycles. The maximum absolute atomic E-state index is 12.4. The summed E-state index contributed by atoms with van der Waals surface area (Å²) >= 11 is 0. The molecule has 0 aliphatic heterocycles. The molecule has 0 bridgehead atoms. The monoisotopic (exact) mass is 340 g/mol. The van der Waals surface area contributed by atoms with Crippen LogP contribution in [0.3, 0.4) is 0 Å². The highest BCUT2D eigenvalue weighted by Crippen LogP contribution is 2.32. The first-order valence-electron chi connectivity index (χ1n) is 10.2. The summed E-state index contributed by atoms with van der Waals surface area (Å²) in [5, 5.41) is 0. The van der Waals surface area contributed by atoms with E-state index in [9.17, 15) is 9.59 Å². The van der Waals surface area contributed by atoms with E-state index in [-0.39, 0.29) is 11.8 Å². The third-order valence-corrected chi connectivity index (χ3v) is 4.75. The van der Waals surface area contributed by atoms with Crippen molar-refractivity contribution >= 4 is 11.8 Å². The number of carbonyl (C=O) groups excluding carboxylic acids is 2. The van der Waals surface area contributed by atoms with Gasteiger partial charge in [0, 0.05) is 12.8 Å². The lowest BCUT2D eigenvalue weighted by atomic mass is 9.79. The first-order valence-corrected chi connectivity index (χ1v) is 10.2. The Morgan fingerprint density at radius 1 is 0.792 bits per heavy atom. The van der Waals surface area contributed by atoms with Gasteiger partial charge in [-0.3, -0.25) is 9.59 Å². The third kappa shape index (κ3) is 10.8. The van der Waals surface area contributed by atoms with Crippen molar-refractivity contribution in [1.29, 1.82) is 0 Å². The molecule has 24 heavy (non-hydrogen) atoms. The average Bonchev–Trinajstić information content (AvgIpc) is 2.55. The number of esters is 1. The van der Waals surface area contributed by atoms with Crippen molar-refractivity contribution in [3.63, 3.8) is 0 Å². The Morgan fingerprint density at radius 2 is 1.33 bits per heavy atom. The van der Waals surface area contributed by atoms with Crippen LogP contribution in [-0.4, -0.2) is 18.4 Å². The average molecular weight is 341 g/mol. The maximum atomic E-state index is 12.4. The maximum Gasteiger partial charge on any atom is 0.312 e. The molecule has 142 valence electrons. The molecule has 0 aliphatic rings. The zero-order valence-corrected chi connectivity index (χ0v) is 16.6. The summed E-state index contributed by atoms with van der Waals surface area (Å²) in [7, 11) is 0. The van der Waals surface area contributed by atoms with E-state index in [1.165, 1.54) is 38.5 Å². The molecule has 0 heterocycles. The molecule has 0 saturated carbocycles. The second-order valence-corrected chi connectivity index (χ2v) is 7.33. The van der Waals surface area contributed by atoms with E-state index in [1.54, 1.807) is 0 Å². The summed E-state index contributed by atoms with van der Waals surface area (Å²) in [5.41, 5.74) is -0.636. The molecule has 0 aliphatic carbocycles. The molecule has 0 radical (unpaired) electrons. The SMILES string of the molecule is CCCCCCCCC(C)(CC(=O)CCCCCC)C(=O)OCC. The topological polar surface area (TPSA) is 43.4 Å². The van der Waals surface area contributed by atoms with Crippen LogP contribution >= 0.6 is 0 Å². The molecule has 0 amide bonds. The van der Waals surface area contributed by atoms with E-state index in [4.69, 9.17) is 4.74 Å². The van der Waals surface area contributed by atoms with Crippen molar-refractivity contribution < 1.29 is 14.3 Å². The van der Waals surface area contributed by atoms with Gasteiger partial charge >= 0.3 is 5.97 Å². The van der Waals surface area contributed by atoms with Gasteiger partial charge in [-0.2, -0.15) is 0 Å². The highest BCUT2D eigenvalue weighted by atomic mass is 16.5. The fourth-order valence-corrected chi connectivity index (χ4v) is 3.14. The van der Waals surface area contributed by atoms with E-state index in [0.29, 0.717) is 19.4 Å². The number of unbranched alkanes of at least 4 members (excludes halogenated alkanes) is 8. The molecular weight excluding hydrogens is 300 g/mol. The molecule has 0 spiro atoms. The smallest absolute Gasteiger partial charge is 0.312 e. The Hall–Kier alpha value is -0.860. The number of carbonyl (C=O) groups is 2. The van der Waals surface area contributed by atoms with Crippen LogP contribution in [0.2, 0.25) is 0 Å². The van der Waals surface area contributed by atoms with Crippen molar-refractivity contribution in [2.75, 3.05) is 6.61 Å². The zero-order valence-electron chi connectivity index (χ0n) is 16.6. The Balaban J connectivity index is 4.37. The Bertz CT molecular complexity index is 338. The summed E-state index contributed by atoms with van der Waals surface area (Å²) in [6.45, 7) is 8.51. The van der Waals surface area contributed by atoms with Gasteiger partial charge in [-0.25, -0.2) is 0 Å². The number of hydrogen-bond acceptors (Lipinski definition) is 3. The first-order chi connectivity index (χ1) is 11.5. The van der Waals surface area contributed by atoms with Crippen molar-refractivity contribution in [2.24, 2.45) is 5.41 Å². The second-order valence-electron chi connectivity index (χ2n) is 7.33. The van der Waals surface area contributed by atoms with Gasteiger partial charge in [0.1, 0.15) is 5.78 Å². The fourth-order valence-electron chi connectivity index (χ4n) is 3.14. The van der Waals surface area contributed by atoms with Crippen LogP contribution in [0.1, 0.15) is 111 Å². The van der Waals surface area contributed by atoms with Crippen LogP contribution in [0, 0.1) is 5.41 Å². The summed E-state index contributed by atoms with van der Waals surface area (Å²) in [5.74, 6) is 0.0214. The van der Waals surface area contributed by atoms with Crippen LogP contribution in [0.25, 0.3) is 0 Å². The minimum absolute atomic E-state index is 0.194. The third-order valence-electron chi connectivity index (χ3n) is 4.75. The summed E-state index contributed by atoms with van der Waals surface area (Å²) < 4.78 is 5.26. The quantitative estimate of drug-likeness (QED) is 0.247. The Kier molecular flexibility index (Phi) is 14.0. The standard InChI is InChI=1S/C21H40O3/c1-5-8-10-12-13-15-17-21(4,20(23)24-7-3)18-19(22)16-14-11-9-6-2/h5-18H2,1-4H3. The molecule has 0 aromatic rings. The summed E-state index contributed by atoms with van der Waals surface area (Å²) in [4.78, 5) is 24.7. The van der Waals surface area contributed by atoms with Gasteiger partial charge in [0.25, 0.3) is 0 Å². The summed E-state index contributed by atoms with van der Waals surface area (Å²) in [6, 6.07) is 0. The van der Waals surface area contributed by atoms with Gasteiger partial charge in [-0.15, -0.1) is 0 Å². The molecule has 0 aromatic heterocycles. The largest absolute Gasteiger partial charge is 0.466 e. The highest BCUT2D eigenvalue weighted by molar-refractivity contribution is 5.86. The van der Waals surface area contributed by atoms with Crippen LogP contribution in [-0.2, 0) is 14.3 Å². The number of ketones is 1. The molecule has 1 atom stereocenters. The van der Waals surface area contributed by atoms with Crippen molar-refractivity contribution in [3.8, 4) is 0 Å². The number of rotatable bonds is 16. The van der Waals surface area contributed by atoms with Gasteiger partial charge in [-0.1, -0.05) is 71.6 Å². The Labute approximate surface area is 149 Å². The number of ether oxygens (including phenoxy) is 1. The van der Waals surface area contributed by atoms with Crippen LogP contribution < -0.4 is 0 Å². The molecule has 3 heteroatoms. The van der Waals surface area contributed by atoms with Crippen molar-refractivity contribution in [2.45, 2.75) is 111 Å². The minimum atomic E-state index is -0.636. The number of hydrogen-bond donors (Lipinski definition) is 0. The zero-order chi connectivity index (χ0) is 18.3. The van der Waals surface area contributed by atoms with Gasteiger partial charge in [0.15, 0.2) is 0 Å². The van der Waals surface area contributed by atoms with E-state index in [2.05, 4.69) is 13.8 Å². The van der Waals surface area contributed by atoms with E-state index < -0.39 is 5.41 Å². The van der Waals surface area contributed by atoms with Crippen LogP contribution in [0.4, 0.5) is 0 Å². The van der Waals surface area contributed by atoms with Gasteiger partial charge < -0.3 is 4.74 Å². The molecule has 0 rings (SSSR count). The Morgan fingerprint density at radius 3 is 1.92 bits per heavy atom. The first kappa shape index (κ1) is 23.1. The van der Waals surface area contributed by atoms with Crippen LogP contribution in [0.5, 0.6) is 0 Å². The molecule has 0 fully saturated rings. The lowest BCUT2D eigenvalue weighted by Crippen LogP contribution is -2.32. The molecular formula is C21H40O3. The van der Waals surface area contributed by atoms with E-state index in [1.807, 2.05) is 13.8 Å². The molecule has 0 aromatic carbocycles. The normalized spacial score (nSPS) is 13.5. The predicted molar refractivity (Wildman–Crippen MR) is 101 cm³/mol. The van der Waals surface area contributed by atoms with Gasteiger partial charge in [-0.05, 0) is 26.7 Å². The van der Waals surface area contributed by atoms with Crippen molar-refractivity contribution in [1.82, 2.24) is 0 Å². The van der Waals surface area contributed by atoms with E-state index >= 15 is 0 Å². The van der Waals surface area contributed by atoms with E-state index in [0.717, 1.165) is 32.1 Å². The molecule has 3 nitrogen and oxygen atoms in total. The second kappa shape index (κ2) is 14.5. The minimum Gasteiger partial charge on any atom is -0.466 e. The lowest BCUT2D eigenvalue weighted by Gasteiger charge is -2.26. The molecule has 1 unspecified atom stereocenters. The van der Waals surface area contributed by atoms with Gasteiger partial charge in [0.2, 0.25) is 0 Å². The summed E-state index contributed by atoms with van der Waals surface area (Å²) in [6.07, 6.45) is 13.3. The molecule has 0 N–H and O–H groups in total.